The molecule has 0 unspecified atom stereocenters. The highest BCUT2D eigenvalue weighted by molar-refractivity contribution is 5.89. The SMILES string of the molecule is CCc1nc(C2CCN(C(=O)[C@@H]3CC(=O)N(C(C)C)C3)CC2)n[nH]1. The Morgan fingerprint density at radius 2 is 2.04 bits per heavy atom. The van der Waals surface area contributed by atoms with E-state index in [-0.39, 0.29) is 23.8 Å². The highest BCUT2D eigenvalue weighted by Crippen LogP contribution is 2.28. The molecule has 1 atom stereocenters. The Balaban J connectivity index is 1.55. The smallest absolute Gasteiger partial charge is 0.227 e. The van der Waals surface area contributed by atoms with Crippen LogP contribution in [0.5, 0.6) is 0 Å². The van der Waals surface area contributed by atoms with Crippen molar-refractivity contribution in [2.75, 3.05) is 19.6 Å². The Labute approximate surface area is 142 Å². The lowest BCUT2D eigenvalue weighted by molar-refractivity contribution is -0.136. The van der Waals surface area contributed by atoms with Gasteiger partial charge in [0.2, 0.25) is 11.8 Å². The number of aryl methyl sites for hydroxylation is 1. The Hall–Kier alpha value is -1.92. The third-order valence-corrected chi connectivity index (χ3v) is 5.19. The molecule has 1 aromatic heterocycles. The fraction of sp³-hybridized carbons (Fsp3) is 0.765. The molecule has 0 saturated carbocycles. The average Bonchev–Trinajstić information content (AvgIpc) is 3.21. The van der Waals surface area contributed by atoms with Gasteiger partial charge in [0.15, 0.2) is 5.82 Å². The van der Waals surface area contributed by atoms with Crippen LogP contribution in [-0.4, -0.2) is 62.5 Å². The molecule has 7 nitrogen and oxygen atoms in total. The van der Waals surface area contributed by atoms with Crippen molar-refractivity contribution in [2.45, 2.75) is 58.4 Å². The van der Waals surface area contributed by atoms with E-state index < -0.39 is 0 Å². The van der Waals surface area contributed by atoms with Crippen molar-refractivity contribution in [2.24, 2.45) is 5.92 Å². The van der Waals surface area contributed by atoms with Gasteiger partial charge in [0.1, 0.15) is 5.82 Å². The van der Waals surface area contributed by atoms with E-state index >= 15 is 0 Å². The molecule has 0 spiro atoms. The van der Waals surface area contributed by atoms with Crippen LogP contribution in [0.4, 0.5) is 0 Å². The lowest BCUT2D eigenvalue weighted by atomic mass is 9.95. The van der Waals surface area contributed by atoms with Gasteiger partial charge in [-0.25, -0.2) is 4.98 Å². The van der Waals surface area contributed by atoms with Crippen molar-refractivity contribution in [3.05, 3.63) is 11.6 Å². The summed E-state index contributed by atoms with van der Waals surface area (Å²) < 4.78 is 0. The fourth-order valence-electron chi connectivity index (χ4n) is 3.66. The maximum atomic E-state index is 12.7. The maximum Gasteiger partial charge on any atom is 0.227 e. The Morgan fingerprint density at radius 3 is 2.58 bits per heavy atom. The van der Waals surface area contributed by atoms with Crippen molar-refractivity contribution >= 4 is 11.8 Å². The molecular formula is C17H27N5O2. The van der Waals surface area contributed by atoms with E-state index in [1.165, 1.54) is 0 Å². The first kappa shape index (κ1) is 16.9. The second-order valence-corrected chi connectivity index (χ2v) is 7.13. The summed E-state index contributed by atoms with van der Waals surface area (Å²) in [7, 11) is 0. The normalized spacial score (nSPS) is 22.7. The van der Waals surface area contributed by atoms with Crippen LogP contribution < -0.4 is 0 Å². The Kier molecular flexibility index (Phi) is 4.87. The lowest BCUT2D eigenvalue weighted by Crippen LogP contribution is -2.42. The van der Waals surface area contributed by atoms with Crippen LogP contribution in [0.3, 0.4) is 0 Å². The molecule has 7 heteroatoms. The number of aromatic nitrogens is 3. The summed E-state index contributed by atoms with van der Waals surface area (Å²) >= 11 is 0. The Morgan fingerprint density at radius 1 is 1.33 bits per heavy atom. The zero-order valence-corrected chi connectivity index (χ0v) is 14.8. The van der Waals surface area contributed by atoms with Crippen LogP contribution in [0.2, 0.25) is 0 Å². The van der Waals surface area contributed by atoms with Crippen LogP contribution in [0.1, 0.15) is 57.6 Å². The zero-order chi connectivity index (χ0) is 17.3. The average molecular weight is 333 g/mol. The Bertz CT molecular complexity index is 604. The number of H-pyrrole nitrogens is 1. The summed E-state index contributed by atoms with van der Waals surface area (Å²) in [5.74, 6) is 2.18. The van der Waals surface area contributed by atoms with E-state index in [1.54, 1.807) is 0 Å². The molecule has 0 radical (unpaired) electrons. The van der Waals surface area contributed by atoms with Crippen LogP contribution >= 0.6 is 0 Å². The first-order valence-corrected chi connectivity index (χ1v) is 8.99. The molecule has 0 aliphatic carbocycles. The largest absolute Gasteiger partial charge is 0.342 e. The van der Waals surface area contributed by atoms with Crippen molar-refractivity contribution in [1.82, 2.24) is 25.0 Å². The van der Waals surface area contributed by atoms with Crippen LogP contribution in [-0.2, 0) is 16.0 Å². The number of piperidine rings is 1. The van der Waals surface area contributed by atoms with Gasteiger partial charge in [-0.1, -0.05) is 6.92 Å². The summed E-state index contributed by atoms with van der Waals surface area (Å²) in [6.45, 7) is 8.07. The van der Waals surface area contributed by atoms with E-state index in [9.17, 15) is 9.59 Å². The molecule has 2 amide bonds. The summed E-state index contributed by atoms with van der Waals surface area (Å²) in [5, 5.41) is 7.27. The third-order valence-electron chi connectivity index (χ3n) is 5.19. The van der Waals surface area contributed by atoms with E-state index in [0.717, 1.165) is 44.0 Å². The molecule has 0 bridgehead atoms. The highest BCUT2D eigenvalue weighted by Gasteiger charge is 2.38. The molecule has 2 fully saturated rings. The van der Waals surface area contributed by atoms with Gasteiger partial charge in [0.05, 0.1) is 5.92 Å². The van der Waals surface area contributed by atoms with Gasteiger partial charge in [-0.05, 0) is 26.7 Å². The van der Waals surface area contributed by atoms with Gasteiger partial charge in [0.25, 0.3) is 0 Å². The van der Waals surface area contributed by atoms with Gasteiger partial charge in [0, 0.05) is 44.4 Å². The number of rotatable bonds is 4. The van der Waals surface area contributed by atoms with Crippen molar-refractivity contribution in [3.63, 3.8) is 0 Å². The topological polar surface area (TPSA) is 82.2 Å². The maximum absolute atomic E-state index is 12.7. The van der Waals surface area contributed by atoms with E-state index in [0.29, 0.717) is 18.9 Å². The van der Waals surface area contributed by atoms with E-state index in [1.807, 2.05) is 23.6 Å². The summed E-state index contributed by atoms with van der Waals surface area (Å²) in [6, 6.07) is 0.166. The van der Waals surface area contributed by atoms with E-state index in [4.69, 9.17) is 0 Å². The molecule has 24 heavy (non-hydrogen) atoms. The number of aromatic amines is 1. The molecule has 2 aliphatic heterocycles. The molecule has 3 rings (SSSR count). The van der Waals surface area contributed by atoms with Gasteiger partial charge in [-0.15, -0.1) is 0 Å². The van der Waals surface area contributed by atoms with Crippen LogP contribution in [0, 0.1) is 5.92 Å². The second kappa shape index (κ2) is 6.91. The van der Waals surface area contributed by atoms with Gasteiger partial charge >= 0.3 is 0 Å². The van der Waals surface area contributed by atoms with E-state index in [2.05, 4.69) is 22.1 Å². The number of hydrogen-bond donors (Lipinski definition) is 1. The van der Waals surface area contributed by atoms with Crippen molar-refractivity contribution in [3.8, 4) is 0 Å². The number of hydrogen-bond acceptors (Lipinski definition) is 4. The van der Waals surface area contributed by atoms with Crippen LogP contribution in [0.25, 0.3) is 0 Å². The molecule has 2 saturated heterocycles. The number of carbonyl (C=O) groups excluding carboxylic acids is 2. The summed E-state index contributed by atoms with van der Waals surface area (Å²) in [4.78, 5) is 33.0. The van der Waals surface area contributed by atoms with Crippen LogP contribution in [0.15, 0.2) is 0 Å². The molecule has 1 aromatic rings. The van der Waals surface area contributed by atoms with Crippen molar-refractivity contribution < 1.29 is 9.59 Å². The monoisotopic (exact) mass is 333 g/mol. The summed E-state index contributed by atoms with van der Waals surface area (Å²) in [5.41, 5.74) is 0. The lowest BCUT2D eigenvalue weighted by Gasteiger charge is -2.32. The highest BCUT2D eigenvalue weighted by atomic mass is 16.2. The first-order chi connectivity index (χ1) is 11.5. The standard InChI is InChI=1S/C17H27N5O2/c1-4-14-18-16(20-19-14)12-5-7-21(8-6-12)17(24)13-9-15(23)22(10-13)11(2)3/h11-13H,4-10H2,1-3H3,(H,18,19,20)/t13-/m1/s1. The second-order valence-electron chi connectivity index (χ2n) is 7.13. The molecule has 2 aliphatic rings. The molecule has 3 heterocycles. The van der Waals surface area contributed by atoms with Gasteiger partial charge in [-0.2, -0.15) is 5.10 Å². The third kappa shape index (κ3) is 3.30. The molecule has 132 valence electrons. The first-order valence-electron chi connectivity index (χ1n) is 8.99. The van der Waals surface area contributed by atoms with Gasteiger partial charge < -0.3 is 9.80 Å². The van der Waals surface area contributed by atoms with Crippen molar-refractivity contribution in [1.29, 1.82) is 0 Å². The molecule has 1 N–H and O–H groups in total. The number of nitrogens with zero attached hydrogens (tertiary/aromatic N) is 4. The number of carbonyl (C=O) groups is 2. The number of nitrogens with one attached hydrogen (secondary N) is 1. The number of likely N-dealkylation sites (tertiary alicyclic amines) is 2. The minimum Gasteiger partial charge on any atom is -0.342 e. The summed E-state index contributed by atoms with van der Waals surface area (Å²) in [6.07, 6.45) is 2.99. The molecular weight excluding hydrogens is 306 g/mol. The minimum atomic E-state index is -0.174. The fourth-order valence-corrected chi connectivity index (χ4v) is 3.66. The minimum absolute atomic E-state index is 0.103. The molecule has 0 aromatic carbocycles. The zero-order valence-electron chi connectivity index (χ0n) is 14.8. The predicted molar refractivity (Wildman–Crippen MR) is 89.3 cm³/mol. The predicted octanol–water partition coefficient (Wildman–Crippen LogP) is 1.33. The van der Waals surface area contributed by atoms with Gasteiger partial charge in [-0.3, -0.25) is 14.7 Å². The number of amides is 2. The quantitative estimate of drug-likeness (QED) is 0.901.